The second-order valence-electron chi connectivity index (χ2n) is 8.29. The minimum absolute atomic E-state index is 0.216. The summed E-state index contributed by atoms with van der Waals surface area (Å²) < 4.78 is 29.7. The van der Waals surface area contributed by atoms with E-state index in [0.717, 1.165) is 18.6 Å². The van der Waals surface area contributed by atoms with Gasteiger partial charge in [-0.15, -0.1) is 0 Å². The van der Waals surface area contributed by atoms with E-state index in [0.29, 0.717) is 48.6 Å². The van der Waals surface area contributed by atoms with E-state index in [1.165, 1.54) is 21.7 Å². The number of aliphatic hydroxyl groups is 1. The van der Waals surface area contributed by atoms with Crippen LogP contribution in [0.3, 0.4) is 0 Å². The number of fused-ring (bicyclic) bond motifs is 1. The lowest BCUT2D eigenvalue weighted by Crippen LogP contribution is -2.39. The predicted octanol–water partition coefficient (Wildman–Crippen LogP) is 1.93. The third-order valence-electron chi connectivity index (χ3n) is 6.11. The first-order valence-electron chi connectivity index (χ1n) is 10.8. The lowest BCUT2D eigenvalue weighted by atomic mass is 10.0. The molecule has 3 aromatic rings. The number of aliphatic hydroxyl groups excluding tert-OH is 1. The zero-order valence-corrected chi connectivity index (χ0v) is 17.7. The minimum Gasteiger partial charge on any atom is -0.391 e. The summed E-state index contributed by atoms with van der Waals surface area (Å²) in [6.07, 6.45) is 4.58. The molecule has 33 heavy (non-hydrogen) atoms. The van der Waals surface area contributed by atoms with Crippen LogP contribution in [0.2, 0.25) is 0 Å². The molecule has 2 fully saturated rings. The number of nitrogens with two attached hydrogens (primary N) is 1. The molecular weight excluding hydrogens is 432 g/mol. The third-order valence-corrected chi connectivity index (χ3v) is 6.11. The highest BCUT2D eigenvalue weighted by molar-refractivity contribution is 6.37. The number of aromatic nitrogens is 3. The maximum Gasteiger partial charge on any atom is 0.289 e. The number of halogens is 2. The number of benzene rings is 1. The molecule has 2 atom stereocenters. The molecule has 5 rings (SSSR count). The van der Waals surface area contributed by atoms with Crippen molar-refractivity contribution in [2.45, 2.75) is 31.4 Å². The smallest absolute Gasteiger partial charge is 0.289 e. The maximum atomic E-state index is 14.4. The summed E-state index contributed by atoms with van der Waals surface area (Å²) in [5.74, 6) is -1.05. The third kappa shape index (κ3) is 3.99. The standard InChI is InChI=1S/C22H23F2N7O2/c23-13-3-4-16(24)15(10-13)18-2-1-7-30(18)19-6-9-31-21(28-19)17(11-26-31)27-20(25)22(33)29-8-5-14(32)12-29/h3-4,6,9-11,14,18,32H,1-2,5,7-8,12H2,(H2,25,27)/t14-,18+/m0/s1. The summed E-state index contributed by atoms with van der Waals surface area (Å²) in [6, 6.07) is 4.88. The van der Waals surface area contributed by atoms with Gasteiger partial charge < -0.3 is 20.6 Å². The Morgan fingerprint density at radius 2 is 2.06 bits per heavy atom. The fourth-order valence-corrected chi connectivity index (χ4v) is 4.49. The van der Waals surface area contributed by atoms with E-state index in [2.05, 4.69) is 15.1 Å². The van der Waals surface area contributed by atoms with Crippen LogP contribution in [0.1, 0.15) is 30.9 Å². The molecule has 1 aromatic carbocycles. The molecule has 3 N–H and O–H groups in total. The van der Waals surface area contributed by atoms with Crippen molar-refractivity contribution in [3.05, 3.63) is 53.9 Å². The summed E-state index contributed by atoms with van der Waals surface area (Å²) in [5, 5.41) is 13.9. The molecule has 2 aliphatic rings. The van der Waals surface area contributed by atoms with E-state index < -0.39 is 23.6 Å². The van der Waals surface area contributed by atoms with Crippen LogP contribution in [-0.4, -0.2) is 62.1 Å². The van der Waals surface area contributed by atoms with Gasteiger partial charge in [-0.1, -0.05) is 0 Å². The van der Waals surface area contributed by atoms with Gasteiger partial charge in [0.25, 0.3) is 5.91 Å². The van der Waals surface area contributed by atoms with Crippen molar-refractivity contribution < 1.29 is 18.7 Å². The van der Waals surface area contributed by atoms with Crippen molar-refractivity contribution in [3.63, 3.8) is 0 Å². The number of rotatable bonds is 3. The molecule has 2 aromatic heterocycles. The summed E-state index contributed by atoms with van der Waals surface area (Å²) in [6.45, 7) is 1.27. The highest BCUT2D eigenvalue weighted by atomic mass is 19.1. The number of carbonyl (C=O) groups excluding carboxylic acids is 1. The van der Waals surface area contributed by atoms with Crippen LogP contribution in [-0.2, 0) is 4.79 Å². The van der Waals surface area contributed by atoms with Crippen molar-refractivity contribution in [3.8, 4) is 0 Å². The van der Waals surface area contributed by atoms with Gasteiger partial charge in [-0.25, -0.2) is 23.3 Å². The lowest BCUT2D eigenvalue weighted by molar-refractivity contribution is -0.123. The minimum atomic E-state index is -0.556. The number of amides is 1. The van der Waals surface area contributed by atoms with Crippen LogP contribution in [0.5, 0.6) is 0 Å². The molecule has 4 heterocycles. The molecule has 172 valence electrons. The average Bonchev–Trinajstić information content (AvgIpc) is 3.55. The molecular formula is C22H23F2N7O2. The van der Waals surface area contributed by atoms with Gasteiger partial charge in [0.2, 0.25) is 0 Å². The largest absolute Gasteiger partial charge is 0.391 e. The van der Waals surface area contributed by atoms with Crippen molar-refractivity contribution >= 4 is 28.9 Å². The fraction of sp³-hybridized carbons (Fsp3) is 0.364. The number of aliphatic imine (C=N–C) groups is 1. The van der Waals surface area contributed by atoms with E-state index in [-0.39, 0.29) is 18.4 Å². The van der Waals surface area contributed by atoms with Crippen molar-refractivity contribution in [1.82, 2.24) is 19.5 Å². The van der Waals surface area contributed by atoms with Gasteiger partial charge in [-0.05, 0) is 43.5 Å². The van der Waals surface area contributed by atoms with Gasteiger partial charge in [0.15, 0.2) is 11.5 Å². The summed E-state index contributed by atoms with van der Waals surface area (Å²) in [5.41, 5.74) is 6.93. The molecule has 0 radical (unpaired) electrons. The van der Waals surface area contributed by atoms with E-state index >= 15 is 0 Å². The Bertz CT molecular complexity index is 1240. The van der Waals surface area contributed by atoms with Crippen LogP contribution < -0.4 is 10.6 Å². The van der Waals surface area contributed by atoms with Crippen molar-refractivity contribution in [2.75, 3.05) is 24.5 Å². The molecule has 0 spiro atoms. The first-order valence-corrected chi connectivity index (χ1v) is 10.8. The van der Waals surface area contributed by atoms with Gasteiger partial charge in [-0.3, -0.25) is 4.79 Å². The second-order valence-corrected chi connectivity index (χ2v) is 8.29. The molecule has 0 aliphatic carbocycles. The zero-order chi connectivity index (χ0) is 23.1. The van der Waals surface area contributed by atoms with E-state index in [1.54, 1.807) is 12.3 Å². The molecule has 2 aliphatic heterocycles. The molecule has 0 saturated carbocycles. The summed E-state index contributed by atoms with van der Waals surface area (Å²) >= 11 is 0. The summed E-state index contributed by atoms with van der Waals surface area (Å²) in [7, 11) is 0. The van der Waals surface area contributed by atoms with Gasteiger partial charge in [-0.2, -0.15) is 5.10 Å². The van der Waals surface area contributed by atoms with E-state index in [1.807, 2.05) is 4.90 Å². The number of hydrogen-bond acceptors (Lipinski definition) is 6. The quantitative estimate of drug-likeness (QED) is 0.461. The first-order chi connectivity index (χ1) is 15.9. The van der Waals surface area contributed by atoms with Crippen LogP contribution >= 0.6 is 0 Å². The Hall–Kier alpha value is -3.60. The predicted molar refractivity (Wildman–Crippen MR) is 117 cm³/mol. The van der Waals surface area contributed by atoms with Crippen molar-refractivity contribution in [1.29, 1.82) is 0 Å². The number of anilines is 1. The highest BCUT2D eigenvalue weighted by Crippen LogP contribution is 2.37. The number of carbonyl (C=O) groups is 1. The zero-order valence-electron chi connectivity index (χ0n) is 17.7. The van der Waals surface area contributed by atoms with E-state index in [9.17, 15) is 18.7 Å². The Morgan fingerprint density at radius 1 is 1.21 bits per heavy atom. The second kappa shape index (κ2) is 8.39. The number of hydrogen-bond donors (Lipinski definition) is 2. The fourth-order valence-electron chi connectivity index (χ4n) is 4.49. The molecule has 2 saturated heterocycles. The molecule has 11 heteroatoms. The van der Waals surface area contributed by atoms with Gasteiger partial charge in [0.05, 0.1) is 18.3 Å². The number of likely N-dealkylation sites (tertiary alicyclic amines) is 1. The topological polar surface area (TPSA) is 112 Å². The first kappa shape index (κ1) is 21.3. The Balaban J connectivity index is 1.46. The monoisotopic (exact) mass is 455 g/mol. The molecule has 1 amide bonds. The average molecular weight is 455 g/mol. The van der Waals surface area contributed by atoms with Crippen LogP contribution in [0.25, 0.3) is 5.65 Å². The normalized spacial score (nSPS) is 21.4. The SMILES string of the molecule is NC(=Nc1cnn2ccc(N3CCC[C@@H]3c3cc(F)ccc3F)nc12)C(=O)N1CC[C@H](O)C1. The molecule has 0 bridgehead atoms. The highest BCUT2D eigenvalue weighted by Gasteiger charge is 2.30. The van der Waals surface area contributed by atoms with Crippen LogP contribution in [0.4, 0.5) is 20.3 Å². The van der Waals surface area contributed by atoms with Crippen molar-refractivity contribution in [2.24, 2.45) is 10.7 Å². The van der Waals surface area contributed by atoms with Crippen LogP contribution in [0, 0.1) is 11.6 Å². The molecule has 0 unspecified atom stereocenters. The van der Waals surface area contributed by atoms with Gasteiger partial charge in [0.1, 0.15) is 23.1 Å². The van der Waals surface area contributed by atoms with Crippen LogP contribution in [0.15, 0.2) is 41.7 Å². The Kier molecular flexibility index (Phi) is 5.41. The number of amidine groups is 1. The number of nitrogens with zero attached hydrogens (tertiary/aromatic N) is 6. The lowest BCUT2D eigenvalue weighted by Gasteiger charge is -2.26. The molecule has 9 nitrogen and oxygen atoms in total. The Labute approximate surface area is 188 Å². The Morgan fingerprint density at radius 3 is 2.85 bits per heavy atom. The van der Waals surface area contributed by atoms with Gasteiger partial charge in [0, 0.05) is 31.4 Å². The van der Waals surface area contributed by atoms with Gasteiger partial charge >= 0.3 is 0 Å². The number of β-amino-alcohol motifs (C(OH)–C–C–N with tert-alkyl or cyclic N) is 1. The van der Waals surface area contributed by atoms with E-state index in [4.69, 9.17) is 5.73 Å². The summed E-state index contributed by atoms with van der Waals surface area (Å²) in [4.78, 5) is 24.8. The maximum absolute atomic E-state index is 14.4.